The summed E-state index contributed by atoms with van der Waals surface area (Å²) in [5.41, 5.74) is 9.62. The first-order chi connectivity index (χ1) is 22.3. The van der Waals surface area contributed by atoms with Crippen molar-refractivity contribution in [3.8, 4) is 22.6 Å². The smallest absolute Gasteiger partial charge is 0.228 e. The average Bonchev–Trinajstić information content (AvgIpc) is 3.71. The van der Waals surface area contributed by atoms with Gasteiger partial charge in [0.05, 0.1) is 5.69 Å². The van der Waals surface area contributed by atoms with Gasteiger partial charge in [-0.15, -0.1) is 0 Å². The quantitative estimate of drug-likeness (QED) is 0.204. The summed E-state index contributed by atoms with van der Waals surface area (Å²) < 4.78 is 12.7. The van der Waals surface area contributed by atoms with Crippen LogP contribution in [0, 0.1) is 0 Å². The minimum Gasteiger partial charge on any atom is -0.456 e. The second-order valence-electron chi connectivity index (χ2n) is 11.2. The third-order valence-corrected chi connectivity index (χ3v) is 8.48. The summed E-state index contributed by atoms with van der Waals surface area (Å²) in [4.78, 5) is 7.11. The molecular formula is C41H26N2O2. The zero-order chi connectivity index (χ0) is 29.7. The molecule has 0 amide bonds. The van der Waals surface area contributed by atoms with Crippen molar-refractivity contribution in [1.82, 2.24) is 4.98 Å². The molecule has 0 atom stereocenters. The minimum atomic E-state index is 0.587. The SMILES string of the molecule is c1ccc(-c2cccc(N(c3ccc4c(c3)oc3cccc(-c5nc6ccccc6o5)c34)c3cccc4ccccc34)c2)cc1. The van der Waals surface area contributed by atoms with Gasteiger partial charge in [-0.05, 0) is 71.1 Å². The van der Waals surface area contributed by atoms with Crippen LogP contribution >= 0.6 is 0 Å². The number of aromatic nitrogens is 1. The lowest BCUT2D eigenvalue weighted by Gasteiger charge is -2.27. The van der Waals surface area contributed by atoms with Crippen molar-refractivity contribution < 1.29 is 8.83 Å². The van der Waals surface area contributed by atoms with E-state index in [0.29, 0.717) is 5.89 Å². The van der Waals surface area contributed by atoms with E-state index < -0.39 is 0 Å². The third-order valence-electron chi connectivity index (χ3n) is 8.48. The third kappa shape index (κ3) is 4.27. The minimum absolute atomic E-state index is 0.587. The van der Waals surface area contributed by atoms with Crippen LogP contribution < -0.4 is 4.90 Å². The molecule has 7 aromatic carbocycles. The van der Waals surface area contributed by atoms with Crippen LogP contribution in [0.15, 0.2) is 167 Å². The summed E-state index contributed by atoms with van der Waals surface area (Å²) in [6, 6.07) is 54.6. The van der Waals surface area contributed by atoms with Gasteiger partial charge in [-0.2, -0.15) is 0 Å². The molecule has 0 aliphatic heterocycles. The number of hydrogen-bond donors (Lipinski definition) is 0. The fourth-order valence-corrected chi connectivity index (χ4v) is 6.40. The van der Waals surface area contributed by atoms with Gasteiger partial charge in [0.1, 0.15) is 16.7 Å². The first-order valence-corrected chi connectivity index (χ1v) is 15.0. The number of nitrogens with zero attached hydrogens (tertiary/aromatic N) is 2. The molecule has 9 rings (SSSR count). The van der Waals surface area contributed by atoms with Gasteiger partial charge in [0.25, 0.3) is 0 Å². The predicted molar refractivity (Wildman–Crippen MR) is 184 cm³/mol. The van der Waals surface area contributed by atoms with Crippen LogP contribution in [0.2, 0.25) is 0 Å². The summed E-state index contributed by atoms with van der Waals surface area (Å²) >= 11 is 0. The summed E-state index contributed by atoms with van der Waals surface area (Å²) in [5.74, 6) is 0.587. The highest BCUT2D eigenvalue weighted by Crippen LogP contribution is 2.43. The standard InChI is InChI=1S/C41H26N2O2/c1-2-11-27(12-3-1)29-15-8-16-30(25-29)43(36-20-9-14-28-13-4-5-17-32(28)36)31-23-24-33-39(26-31)44-38-22-10-18-34(40(33)38)41-42-35-19-6-7-21-37(35)45-41/h1-26H. The van der Waals surface area contributed by atoms with Crippen LogP contribution in [0.3, 0.4) is 0 Å². The Morgan fingerprint density at radius 2 is 1.20 bits per heavy atom. The molecule has 0 aliphatic rings. The Kier molecular flexibility index (Phi) is 5.78. The predicted octanol–water partition coefficient (Wildman–Crippen LogP) is 11.7. The average molecular weight is 579 g/mol. The summed E-state index contributed by atoms with van der Waals surface area (Å²) in [6.07, 6.45) is 0. The van der Waals surface area contributed by atoms with E-state index in [1.807, 2.05) is 48.5 Å². The summed E-state index contributed by atoms with van der Waals surface area (Å²) in [5, 5.41) is 4.37. The molecule has 2 aromatic heterocycles. The van der Waals surface area contributed by atoms with Gasteiger partial charge in [-0.1, -0.05) is 97.1 Å². The largest absolute Gasteiger partial charge is 0.456 e. The van der Waals surface area contributed by atoms with Crippen molar-refractivity contribution in [2.24, 2.45) is 0 Å². The van der Waals surface area contributed by atoms with Crippen molar-refractivity contribution in [2.45, 2.75) is 0 Å². The number of furan rings is 1. The maximum atomic E-state index is 6.54. The Morgan fingerprint density at radius 1 is 0.467 bits per heavy atom. The van der Waals surface area contributed by atoms with Crippen LogP contribution in [0.5, 0.6) is 0 Å². The molecule has 0 aliphatic carbocycles. The Balaban J connectivity index is 1.25. The normalized spacial score (nSPS) is 11.6. The second kappa shape index (κ2) is 10.2. The lowest BCUT2D eigenvalue weighted by atomic mass is 10.0. The number of hydrogen-bond acceptors (Lipinski definition) is 4. The molecule has 0 saturated carbocycles. The van der Waals surface area contributed by atoms with Crippen molar-refractivity contribution in [2.75, 3.05) is 4.90 Å². The van der Waals surface area contributed by atoms with Crippen LogP contribution in [-0.4, -0.2) is 4.98 Å². The Labute approximate surface area is 259 Å². The van der Waals surface area contributed by atoms with Gasteiger partial charge >= 0.3 is 0 Å². The first-order valence-electron chi connectivity index (χ1n) is 15.0. The summed E-state index contributed by atoms with van der Waals surface area (Å²) in [7, 11) is 0. The van der Waals surface area contributed by atoms with Crippen molar-refractivity contribution in [1.29, 1.82) is 0 Å². The molecule has 0 spiro atoms. The zero-order valence-corrected chi connectivity index (χ0v) is 24.2. The molecule has 45 heavy (non-hydrogen) atoms. The second-order valence-corrected chi connectivity index (χ2v) is 11.2. The Bertz CT molecular complexity index is 2470. The van der Waals surface area contributed by atoms with E-state index in [-0.39, 0.29) is 0 Å². The van der Waals surface area contributed by atoms with Gasteiger partial charge in [0.15, 0.2) is 5.58 Å². The van der Waals surface area contributed by atoms with Gasteiger partial charge in [-0.3, -0.25) is 0 Å². The maximum absolute atomic E-state index is 6.54. The highest BCUT2D eigenvalue weighted by Gasteiger charge is 2.20. The number of rotatable bonds is 5. The fraction of sp³-hybridized carbons (Fsp3) is 0. The van der Waals surface area contributed by atoms with Crippen LogP contribution in [0.4, 0.5) is 17.1 Å². The molecule has 0 N–H and O–H groups in total. The van der Waals surface area contributed by atoms with Gasteiger partial charge in [-0.25, -0.2) is 4.98 Å². The molecule has 212 valence electrons. The van der Waals surface area contributed by atoms with E-state index in [4.69, 9.17) is 13.8 Å². The lowest BCUT2D eigenvalue weighted by molar-refractivity contribution is 0.620. The zero-order valence-electron chi connectivity index (χ0n) is 24.2. The Morgan fingerprint density at radius 3 is 2.13 bits per heavy atom. The number of para-hydroxylation sites is 2. The number of oxazole rings is 1. The molecule has 0 radical (unpaired) electrons. The highest BCUT2D eigenvalue weighted by molar-refractivity contribution is 6.13. The van der Waals surface area contributed by atoms with Gasteiger partial charge in [0.2, 0.25) is 5.89 Å². The van der Waals surface area contributed by atoms with E-state index in [1.165, 1.54) is 16.3 Å². The highest BCUT2D eigenvalue weighted by atomic mass is 16.3. The first kappa shape index (κ1) is 25.4. The molecule has 4 heteroatoms. The number of benzene rings is 7. The van der Waals surface area contributed by atoms with Crippen molar-refractivity contribution in [3.63, 3.8) is 0 Å². The van der Waals surface area contributed by atoms with Crippen LogP contribution in [-0.2, 0) is 0 Å². The molecule has 2 heterocycles. The molecule has 0 fully saturated rings. The van der Waals surface area contributed by atoms with E-state index in [0.717, 1.165) is 61.2 Å². The van der Waals surface area contributed by atoms with Crippen molar-refractivity contribution in [3.05, 3.63) is 158 Å². The molecule has 0 unspecified atom stereocenters. The van der Waals surface area contributed by atoms with E-state index >= 15 is 0 Å². The molecule has 0 saturated heterocycles. The summed E-state index contributed by atoms with van der Waals surface area (Å²) in [6.45, 7) is 0. The topological polar surface area (TPSA) is 42.4 Å². The molecule has 0 bridgehead atoms. The van der Waals surface area contributed by atoms with Gasteiger partial charge in [0, 0.05) is 39.2 Å². The lowest BCUT2D eigenvalue weighted by Crippen LogP contribution is -2.10. The molecular weight excluding hydrogens is 552 g/mol. The fourth-order valence-electron chi connectivity index (χ4n) is 6.40. The number of anilines is 3. The molecule has 4 nitrogen and oxygen atoms in total. The number of fused-ring (bicyclic) bond motifs is 5. The van der Waals surface area contributed by atoms with E-state index in [1.54, 1.807) is 0 Å². The van der Waals surface area contributed by atoms with Crippen LogP contribution in [0.1, 0.15) is 0 Å². The molecule has 9 aromatic rings. The van der Waals surface area contributed by atoms with Crippen molar-refractivity contribution >= 4 is 60.9 Å². The van der Waals surface area contributed by atoms with E-state index in [2.05, 4.69) is 114 Å². The van der Waals surface area contributed by atoms with Crippen LogP contribution in [0.25, 0.3) is 66.4 Å². The Hall–Kier alpha value is -6.13. The van der Waals surface area contributed by atoms with E-state index in [9.17, 15) is 0 Å². The maximum Gasteiger partial charge on any atom is 0.228 e. The monoisotopic (exact) mass is 578 g/mol. The van der Waals surface area contributed by atoms with Gasteiger partial charge < -0.3 is 13.7 Å².